The molecule has 0 amide bonds. The van der Waals surface area contributed by atoms with E-state index in [2.05, 4.69) is 18.9 Å². The zero-order valence-electron chi connectivity index (χ0n) is 11.4. The van der Waals surface area contributed by atoms with E-state index in [0.29, 0.717) is 37.9 Å². The predicted molar refractivity (Wildman–Crippen MR) is 71.0 cm³/mol. The van der Waals surface area contributed by atoms with Gasteiger partial charge in [-0.1, -0.05) is 13.8 Å². The van der Waals surface area contributed by atoms with Gasteiger partial charge in [-0.15, -0.1) is 0 Å². The number of rotatable bonds is 5. The van der Waals surface area contributed by atoms with Crippen LogP contribution in [0.5, 0.6) is 0 Å². The Hall–Kier alpha value is -0.920. The standard InChI is InChI=1S/C12H21N3O3S/c1-10-7-15(8-11(10)2)19(17,18)12-6-13-14(9-12)4-3-5-16/h6,9-11,16H,3-5,7-8H2,1-2H3. The lowest BCUT2D eigenvalue weighted by molar-refractivity contribution is 0.277. The Bertz CT molecular complexity index is 516. The topological polar surface area (TPSA) is 75.4 Å². The smallest absolute Gasteiger partial charge is 0.246 e. The number of hydrogen-bond acceptors (Lipinski definition) is 4. The fourth-order valence-electron chi connectivity index (χ4n) is 2.25. The van der Waals surface area contributed by atoms with E-state index in [4.69, 9.17) is 5.11 Å². The molecule has 1 aliphatic heterocycles. The summed E-state index contributed by atoms with van der Waals surface area (Å²) >= 11 is 0. The maximum atomic E-state index is 12.4. The molecule has 0 aromatic carbocycles. The van der Waals surface area contributed by atoms with Crippen LogP contribution in [0.3, 0.4) is 0 Å². The molecule has 108 valence electrons. The van der Waals surface area contributed by atoms with Crippen molar-refractivity contribution in [2.75, 3.05) is 19.7 Å². The second-order valence-corrected chi connectivity index (χ2v) is 7.23. The van der Waals surface area contributed by atoms with Crippen LogP contribution in [-0.2, 0) is 16.6 Å². The van der Waals surface area contributed by atoms with Crippen LogP contribution in [0, 0.1) is 11.8 Å². The van der Waals surface area contributed by atoms with Crippen molar-refractivity contribution in [1.29, 1.82) is 0 Å². The molecule has 1 saturated heterocycles. The molecule has 1 aromatic rings. The van der Waals surface area contributed by atoms with Gasteiger partial charge in [-0.05, 0) is 18.3 Å². The molecule has 0 radical (unpaired) electrons. The fraction of sp³-hybridized carbons (Fsp3) is 0.750. The first-order valence-electron chi connectivity index (χ1n) is 6.58. The number of aliphatic hydroxyl groups is 1. The maximum absolute atomic E-state index is 12.4. The summed E-state index contributed by atoms with van der Waals surface area (Å²) in [4.78, 5) is 0.242. The molecular weight excluding hydrogens is 266 g/mol. The average molecular weight is 287 g/mol. The monoisotopic (exact) mass is 287 g/mol. The van der Waals surface area contributed by atoms with Crippen LogP contribution in [0.25, 0.3) is 0 Å². The number of nitrogens with zero attached hydrogens (tertiary/aromatic N) is 3. The minimum Gasteiger partial charge on any atom is -0.396 e. The van der Waals surface area contributed by atoms with Gasteiger partial charge in [0.25, 0.3) is 0 Å². The maximum Gasteiger partial charge on any atom is 0.246 e. The van der Waals surface area contributed by atoms with Gasteiger partial charge in [-0.3, -0.25) is 4.68 Å². The number of aryl methyl sites for hydroxylation is 1. The Balaban J connectivity index is 2.14. The third-order valence-electron chi connectivity index (χ3n) is 3.75. The van der Waals surface area contributed by atoms with Crippen LogP contribution in [0.15, 0.2) is 17.3 Å². The van der Waals surface area contributed by atoms with E-state index in [1.165, 1.54) is 10.5 Å². The first-order valence-corrected chi connectivity index (χ1v) is 8.02. The zero-order chi connectivity index (χ0) is 14.0. The van der Waals surface area contributed by atoms with Crippen molar-refractivity contribution in [1.82, 2.24) is 14.1 Å². The summed E-state index contributed by atoms with van der Waals surface area (Å²) in [6.45, 7) is 5.90. The van der Waals surface area contributed by atoms with Crippen molar-refractivity contribution in [3.8, 4) is 0 Å². The largest absolute Gasteiger partial charge is 0.396 e. The summed E-state index contributed by atoms with van der Waals surface area (Å²) in [5.74, 6) is 0.776. The normalized spacial score (nSPS) is 25.0. The molecule has 6 nitrogen and oxygen atoms in total. The van der Waals surface area contributed by atoms with Crippen molar-refractivity contribution >= 4 is 10.0 Å². The molecule has 2 rings (SSSR count). The van der Waals surface area contributed by atoms with E-state index >= 15 is 0 Å². The quantitative estimate of drug-likeness (QED) is 0.858. The third kappa shape index (κ3) is 2.98. The summed E-state index contributed by atoms with van der Waals surface area (Å²) in [5, 5.41) is 12.8. The van der Waals surface area contributed by atoms with Crippen molar-refractivity contribution in [3.63, 3.8) is 0 Å². The van der Waals surface area contributed by atoms with Gasteiger partial charge >= 0.3 is 0 Å². The molecule has 0 spiro atoms. The Morgan fingerprint density at radius 2 is 2.00 bits per heavy atom. The van der Waals surface area contributed by atoms with Gasteiger partial charge in [0, 0.05) is 32.4 Å². The van der Waals surface area contributed by atoms with Gasteiger partial charge in [0.2, 0.25) is 10.0 Å². The van der Waals surface area contributed by atoms with E-state index in [1.54, 1.807) is 10.9 Å². The highest BCUT2D eigenvalue weighted by atomic mass is 32.2. The molecule has 2 atom stereocenters. The molecule has 19 heavy (non-hydrogen) atoms. The van der Waals surface area contributed by atoms with Gasteiger partial charge in [0.05, 0.1) is 6.20 Å². The number of sulfonamides is 1. The van der Waals surface area contributed by atoms with E-state index in [-0.39, 0.29) is 11.5 Å². The van der Waals surface area contributed by atoms with E-state index in [9.17, 15) is 8.42 Å². The number of aromatic nitrogens is 2. The molecule has 2 heterocycles. The second-order valence-electron chi connectivity index (χ2n) is 5.29. The van der Waals surface area contributed by atoms with Crippen LogP contribution < -0.4 is 0 Å². The molecule has 1 aliphatic rings. The van der Waals surface area contributed by atoms with Crippen LogP contribution in [-0.4, -0.2) is 47.3 Å². The van der Waals surface area contributed by atoms with Crippen LogP contribution in [0.2, 0.25) is 0 Å². The van der Waals surface area contributed by atoms with Gasteiger partial charge in [-0.2, -0.15) is 9.40 Å². The fourth-order valence-corrected chi connectivity index (χ4v) is 3.85. The Kier molecular flexibility index (Phi) is 4.27. The molecule has 0 bridgehead atoms. The second kappa shape index (κ2) is 5.60. The highest BCUT2D eigenvalue weighted by Crippen LogP contribution is 2.27. The lowest BCUT2D eigenvalue weighted by Crippen LogP contribution is -2.28. The lowest BCUT2D eigenvalue weighted by Gasteiger charge is -2.14. The average Bonchev–Trinajstić information content (AvgIpc) is 2.95. The molecule has 2 unspecified atom stereocenters. The van der Waals surface area contributed by atoms with Crippen LogP contribution in [0.1, 0.15) is 20.3 Å². The molecule has 7 heteroatoms. The first kappa shape index (κ1) is 14.5. The predicted octanol–water partition coefficient (Wildman–Crippen LogP) is 0.542. The molecule has 1 N–H and O–H groups in total. The summed E-state index contributed by atoms with van der Waals surface area (Å²) in [6.07, 6.45) is 3.50. The third-order valence-corrected chi connectivity index (χ3v) is 5.53. The summed E-state index contributed by atoms with van der Waals surface area (Å²) < 4.78 is 28.0. The summed E-state index contributed by atoms with van der Waals surface area (Å²) in [6, 6.07) is 0. The molecule has 0 aliphatic carbocycles. The first-order chi connectivity index (χ1) is 8.95. The van der Waals surface area contributed by atoms with Crippen molar-refractivity contribution < 1.29 is 13.5 Å². The number of hydrogen-bond donors (Lipinski definition) is 1. The van der Waals surface area contributed by atoms with E-state index in [0.717, 1.165) is 0 Å². The summed E-state index contributed by atoms with van der Waals surface area (Å²) in [7, 11) is -3.42. The highest BCUT2D eigenvalue weighted by Gasteiger charge is 2.35. The molecule has 1 fully saturated rings. The highest BCUT2D eigenvalue weighted by molar-refractivity contribution is 7.89. The van der Waals surface area contributed by atoms with Gasteiger partial charge in [-0.25, -0.2) is 8.42 Å². The van der Waals surface area contributed by atoms with Crippen molar-refractivity contribution in [2.24, 2.45) is 11.8 Å². The molecular formula is C12H21N3O3S. The molecule has 0 saturated carbocycles. The minimum atomic E-state index is -3.42. The van der Waals surface area contributed by atoms with Gasteiger partial charge in [0.1, 0.15) is 4.90 Å². The van der Waals surface area contributed by atoms with Crippen LogP contribution in [0.4, 0.5) is 0 Å². The Morgan fingerprint density at radius 1 is 1.37 bits per heavy atom. The Morgan fingerprint density at radius 3 is 2.58 bits per heavy atom. The van der Waals surface area contributed by atoms with Crippen molar-refractivity contribution in [2.45, 2.75) is 31.7 Å². The minimum absolute atomic E-state index is 0.0725. The number of aliphatic hydroxyl groups excluding tert-OH is 1. The van der Waals surface area contributed by atoms with E-state index < -0.39 is 10.0 Å². The lowest BCUT2D eigenvalue weighted by atomic mass is 10.0. The van der Waals surface area contributed by atoms with Crippen molar-refractivity contribution in [3.05, 3.63) is 12.4 Å². The van der Waals surface area contributed by atoms with Gasteiger partial charge < -0.3 is 5.11 Å². The Labute approximate surface area is 114 Å². The molecule has 1 aromatic heterocycles. The SMILES string of the molecule is CC1CN(S(=O)(=O)c2cnn(CCCO)c2)CC1C. The van der Waals surface area contributed by atoms with Gasteiger partial charge in [0.15, 0.2) is 0 Å². The van der Waals surface area contributed by atoms with Crippen LogP contribution >= 0.6 is 0 Å². The summed E-state index contributed by atoms with van der Waals surface area (Å²) in [5.41, 5.74) is 0. The zero-order valence-corrected chi connectivity index (χ0v) is 12.2. The van der Waals surface area contributed by atoms with E-state index in [1.807, 2.05) is 0 Å².